The number of hydrogen-bond acceptors (Lipinski definition) is 5. The van der Waals surface area contributed by atoms with Crippen molar-refractivity contribution in [3.63, 3.8) is 0 Å². The molecule has 5 nitrogen and oxygen atoms in total. The first-order chi connectivity index (χ1) is 13.8. The average Bonchev–Trinajstić information content (AvgIpc) is 2.66. The van der Waals surface area contributed by atoms with Crippen molar-refractivity contribution < 1.29 is 23.9 Å². The average molecular weight is 419 g/mol. The van der Waals surface area contributed by atoms with Gasteiger partial charge >= 0.3 is 11.9 Å². The van der Waals surface area contributed by atoms with Gasteiger partial charge in [-0.2, -0.15) is 0 Å². The Hall–Kier alpha value is -1.65. The van der Waals surface area contributed by atoms with E-state index in [0.29, 0.717) is 19.3 Å². The zero-order valence-electron chi connectivity index (χ0n) is 19.8. The van der Waals surface area contributed by atoms with Crippen molar-refractivity contribution in [2.75, 3.05) is 0 Å². The monoisotopic (exact) mass is 418 g/mol. The molecule has 4 aliphatic rings. The fraction of sp³-hybridized carbons (Fsp3) is 0.800. The Morgan fingerprint density at radius 1 is 0.967 bits per heavy atom. The number of carbonyl (C=O) groups is 3. The maximum atomic E-state index is 13.1. The maximum absolute atomic E-state index is 13.1. The fourth-order valence-electron chi connectivity index (χ4n) is 6.38. The van der Waals surface area contributed by atoms with Gasteiger partial charge in [0.15, 0.2) is 5.78 Å². The molecule has 0 amide bonds. The molecule has 0 radical (unpaired) electrons. The van der Waals surface area contributed by atoms with Crippen LogP contribution in [0.25, 0.3) is 0 Å². The minimum absolute atomic E-state index is 0.0886. The van der Waals surface area contributed by atoms with Crippen LogP contribution in [-0.2, 0) is 23.9 Å². The lowest BCUT2D eigenvalue weighted by Gasteiger charge is -2.65. The fourth-order valence-corrected chi connectivity index (χ4v) is 6.38. The molecule has 4 rings (SSSR count). The third-order valence-corrected chi connectivity index (χ3v) is 7.73. The van der Waals surface area contributed by atoms with Gasteiger partial charge in [-0.05, 0) is 36.7 Å². The van der Waals surface area contributed by atoms with Gasteiger partial charge in [0, 0.05) is 36.0 Å². The SMILES string of the molecule is CC1=CC(=O)C2C3C1C2(C)C(OC(=O)CC(C)C)CC(OC(=O)CC(C)C)C3(C)C. The van der Waals surface area contributed by atoms with E-state index in [2.05, 4.69) is 20.8 Å². The van der Waals surface area contributed by atoms with Gasteiger partial charge in [0.05, 0.1) is 0 Å². The molecule has 0 aromatic carbocycles. The smallest absolute Gasteiger partial charge is 0.306 e. The number of rotatable bonds is 6. The summed E-state index contributed by atoms with van der Waals surface area (Å²) in [7, 11) is 0. The zero-order chi connectivity index (χ0) is 22.6. The first-order valence-electron chi connectivity index (χ1n) is 11.4. The Kier molecular flexibility index (Phi) is 5.98. The summed E-state index contributed by atoms with van der Waals surface area (Å²) in [5.41, 5.74) is 0.234. The molecule has 0 aromatic heterocycles. The van der Waals surface area contributed by atoms with Crippen molar-refractivity contribution in [1.29, 1.82) is 0 Å². The second kappa shape index (κ2) is 7.80. The molecule has 6 atom stereocenters. The molecule has 0 N–H and O–H groups in total. The zero-order valence-corrected chi connectivity index (χ0v) is 19.8. The first-order valence-corrected chi connectivity index (χ1v) is 11.4. The van der Waals surface area contributed by atoms with Crippen molar-refractivity contribution in [3.05, 3.63) is 11.6 Å². The second-order valence-corrected chi connectivity index (χ2v) is 11.3. The van der Waals surface area contributed by atoms with Crippen LogP contribution in [0.4, 0.5) is 0 Å². The highest BCUT2D eigenvalue weighted by Crippen LogP contribution is 2.72. The summed E-state index contributed by atoms with van der Waals surface area (Å²) in [4.78, 5) is 38.3. The van der Waals surface area contributed by atoms with E-state index in [4.69, 9.17) is 9.47 Å². The molecule has 4 aliphatic carbocycles. The summed E-state index contributed by atoms with van der Waals surface area (Å²) in [6, 6.07) is 0. The molecule has 6 unspecified atom stereocenters. The number of fused-ring (bicyclic) bond motifs is 1. The molecule has 30 heavy (non-hydrogen) atoms. The number of ether oxygens (including phenoxy) is 2. The van der Waals surface area contributed by atoms with Crippen molar-refractivity contribution in [2.24, 2.45) is 40.4 Å². The van der Waals surface area contributed by atoms with Crippen LogP contribution in [0.1, 0.15) is 74.7 Å². The summed E-state index contributed by atoms with van der Waals surface area (Å²) < 4.78 is 12.1. The van der Waals surface area contributed by atoms with E-state index in [-0.39, 0.29) is 52.7 Å². The lowest BCUT2D eigenvalue weighted by Crippen LogP contribution is -2.67. The predicted octanol–water partition coefficient (Wildman–Crippen LogP) is 4.73. The molecule has 5 heteroatoms. The normalized spacial score (nSPS) is 36.7. The summed E-state index contributed by atoms with van der Waals surface area (Å²) in [6.45, 7) is 16.3. The third kappa shape index (κ3) is 3.62. The third-order valence-electron chi connectivity index (χ3n) is 7.73. The lowest BCUT2D eigenvalue weighted by atomic mass is 9.37. The molecule has 4 bridgehead atoms. The Morgan fingerprint density at radius 2 is 1.47 bits per heavy atom. The van der Waals surface area contributed by atoms with Gasteiger partial charge in [-0.15, -0.1) is 0 Å². The van der Waals surface area contributed by atoms with Crippen molar-refractivity contribution in [1.82, 2.24) is 0 Å². The van der Waals surface area contributed by atoms with E-state index in [1.165, 1.54) is 0 Å². The Morgan fingerprint density at radius 3 is 1.93 bits per heavy atom. The Bertz CT molecular complexity index is 762. The molecule has 168 valence electrons. The lowest BCUT2D eigenvalue weighted by molar-refractivity contribution is -0.204. The van der Waals surface area contributed by atoms with Crippen molar-refractivity contribution >= 4 is 17.7 Å². The van der Waals surface area contributed by atoms with Crippen LogP contribution in [0.15, 0.2) is 11.6 Å². The van der Waals surface area contributed by atoms with Gasteiger partial charge in [0.25, 0.3) is 0 Å². The number of ketones is 1. The number of allylic oxidation sites excluding steroid dienone is 2. The van der Waals surface area contributed by atoms with E-state index in [9.17, 15) is 14.4 Å². The highest BCUT2D eigenvalue weighted by Gasteiger charge is 2.74. The molecular weight excluding hydrogens is 380 g/mol. The van der Waals surface area contributed by atoms with Crippen LogP contribution < -0.4 is 0 Å². The summed E-state index contributed by atoms with van der Waals surface area (Å²) in [6.07, 6.45) is 2.08. The van der Waals surface area contributed by atoms with Gasteiger partial charge in [-0.25, -0.2) is 0 Å². The summed E-state index contributed by atoms with van der Waals surface area (Å²) >= 11 is 0. The van der Waals surface area contributed by atoms with Gasteiger partial charge in [-0.1, -0.05) is 54.0 Å². The van der Waals surface area contributed by atoms with Gasteiger partial charge in [0.1, 0.15) is 12.2 Å². The molecule has 0 spiro atoms. The molecular formula is C25H38O5. The molecule has 0 heterocycles. The quantitative estimate of drug-likeness (QED) is 0.583. The van der Waals surface area contributed by atoms with Gasteiger partial charge in [-0.3, -0.25) is 14.4 Å². The largest absolute Gasteiger partial charge is 0.462 e. The summed E-state index contributed by atoms with van der Waals surface area (Å²) in [5, 5.41) is 0. The Labute approximate surface area is 181 Å². The van der Waals surface area contributed by atoms with Crippen molar-refractivity contribution in [3.8, 4) is 0 Å². The van der Waals surface area contributed by atoms with Gasteiger partial charge in [0.2, 0.25) is 0 Å². The highest BCUT2D eigenvalue weighted by atomic mass is 16.6. The minimum Gasteiger partial charge on any atom is -0.462 e. The minimum atomic E-state index is -0.443. The van der Waals surface area contributed by atoms with Crippen LogP contribution in [0, 0.1) is 40.4 Å². The topological polar surface area (TPSA) is 69.7 Å². The molecule has 0 saturated heterocycles. The number of hydrogen-bond donors (Lipinski definition) is 0. The first kappa shape index (κ1) is 23.0. The van der Waals surface area contributed by atoms with Crippen LogP contribution in [0.2, 0.25) is 0 Å². The van der Waals surface area contributed by atoms with E-state index >= 15 is 0 Å². The van der Waals surface area contributed by atoms with E-state index < -0.39 is 17.6 Å². The molecule has 0 aliphatic heterocycles. The van der Waals surface area contributed by atoms with Crippen molar-refractivity contribution in [2.45, 2.75) is 86.9 Å². The van der Waals surface area contributed by atoms with E-state index in [1.54, 1.807) is 6.08 Å². The maximum Gasteiger partial charge on any atom is 0.306 e. The highest BCUT2D eigenvalue weighted by molar-refractivity contribution is 5.96. The standard InChI is InChI=1S/C25H38O5/c1-13(2)9-19(27)29-17-12-18(30-20(28)10-14(3)4)25(8)21-15(5)11-16(26)22(25)23(21)24(17,6)7/h11,13-14,17-18,21-23H,9-10,12H2,1-8H3. The van der Waals surface area contributed by atoms with Crippen LogP contribution in [0.3, 0.4) is 0 Å². The second-order valence-electron chi connectivity index (χ2n) is 11.3. The number of esters is 2. The van der Waals surface area contributed by atoms with E-state index in [0.717, 1.165) is 5.57 Å². The molecule has 2 fully saturated rings. The number of carbonyl (C=O) groups excluding carboxylic acids is 3. The van der Waals surface area contributed by atoms with Crippen LogP contribution >= 0.6 is 0 Å². The molecule has 0 aromatic rings. The van der Waals surface area contributed by atoms with E-state index in [1.807, 2.05) is 34.6 Å². The van der Waals surface area contributed by atoms with Crippen LogP contribution in [-0.4, -0.2) is 29.9 Å². The van der Waals surface area contributed by atoms with Gasteiger partial charge < -0.3 is 9.47 Å². The predicted molar refractivity (Wildman–Crippen MR) is 114 cm³/mol. The van der Waals surface area contributed by atoms with Crippen LogP contribution in [0.5, 0.6) is 0 Å². The summed E-state index contributed by atoms with van der Waals surface area (Å²) in [5.74, 6) is 0.114. The molecule has 2 saturated carbocycles. The Balaban J connectivity index is 1.98.